The highest BCUT2D eigenvalue weighted by Gasteiger charge is 2.04. The third-order valence-corrected chi connectivity index (χ3v) is 2.31. The van der Waals surface area contributed by atoms with Crippen LogP contribution in [0.5, 0.6) is 5.75 Å². The first kappa shape index (κ1) is 10.5. The standard InChI is InChI=1S/C12H14N2O2/c1-2-9-5-3-4-6-11(9)15-8-10-7-12(13)16-14-10/h3-7H,2,8,13H2,1H3. The maximum absolute atomic E-state index is 5.65. The molecule has 0 atom stereocenters. The van der Waals surface area contributed by atoms with Gasteiger partial charge in [-0.15, -0.1) is 0 Å². The van der Waals surface area contributed by atoms with Crippen LogP contribution in [0.15, 0.2) is 34.9 Å². The number of aromatic nitrogens is 1. The van der Waals surface area contributed by atoms with Gasteiger partial charge in [0.15, 0.2) is 0 Å². The van der Waals surface area contributed by atoms with Crippen molar-refractivity contribution < 1.29 is 9.26 Å². The highest BCUT2D eigenvalue weighted by Crippen LogP contribution is 2.19. The van der Waals surface area contributed by atoms with Gasteiger partial charge in [-0.25, -0.2) is 0 Å². The lowest BCUT2D eigenvalue weighted by Gasteiger charge is -2.08. The Morgan fingerprint density at radius 3 is 2.88 bits per heavy atom. The van der Waals surface area contributed by atoms with Gasteiger partial charge in [0.25, 0.3) is 0 Å². The van der Waals surface area contributed by atoms with Crippen molar-refractivity contribution in [2.75, 3.05) is 5.73 Å². The molecule has 0 unspecified atom stereocenters. The van der Waals surface area contributed by atoms with E-state index >= 15 is 0 Å². The van der Waals surface area contributed by atoms with E-state index < -0.39 is 0 Å². The van der Waals surface area contributed by atoms with Crippen LogP contribution in [0.1, 0.15) is 18.2 Å². The number of benzene rings is 1. The SMILES string of the molecule is CCc1ccccc1OCc1cc(N)on1. The Labute approximate surface area is 94.0 Å². The van der Waals surface area contributed by atoms with Crippen molar-refractivity contribution in [3.05, 3.63) is 41.6 Å². The second kappa shape index (κ2) is 4.70. The van der Waals surface area contributed by atoms with Crippen LogP contribution in [0.25, 0.3) is 0 Å². The number of rotatable bonds is 4. The average Bonchev–Trinajstić information content (AvgIpc) is 2.73. The molecule has 16 heavy (non-hydrogen) atoms. The molecular formula is C12H14N2O2. The van der Waals surface area contributed by atoms with Crippen molar-refractivity contribution in [1.82, 2.24) is 5.16 Å². The number of anilines is 1. The second-order valence-corrected chi connectivity index (χ2v) is 3.47. The fourth-order valence-corrected chi connectivity index (χ4v) is 1.48. The monoisotopic (exact) mass is 218 g/mol. The van der Waals surface area contributed by atoms with Crippen LogP contribution >= 0.6 is 0 Å². The molecule has 0 fully saturated rings. The summed E-state index contributed by atoms with van der Waals surface area (Å²) >= 11 is 0. The van der Waals surface area contributed by atoms with Gasteiger partial charge in [-0.1, -0.05) is 30.3 Å². The summed E-state index contributed by atoms with van der Waals surface area (Å²) in [5, 5.41) is 3.76. The van der Waals surface area contributed by atoms with Gasteiger partial charge in [-0.3, -0.25) is 0 Å². The van der Waals surface area contributed by atoms with E-state index in [1.165, 1.54) is 5.56 Å². The Morgan fingerprint density at radius 2 is 2.19 bits per heavy atom. The van der Waals surface area contributed by atoms with E-state index in [0.29, 0.717) is 18.2 Å². The summed E-state index contributed by atoms with van der Waals surface area (Å²) in [5.74, 6) is 1.19. The van der Waals surface area contributed by atoms with E-state index in [1.807, 2.05) is 24.3 Å². The topological polar surface area (TPSA) is 61.3 Å². The van der Waals surface area contributed by atoms with Gasteiger partial charge in [0, 0.05) is 6.07 Å². The van der Waals surface area contributed by atoms with Crippen molar-refractivity contribution in [1.29, 1.82) is 0 Å². The lowest BCUT2D eigenvalue weighted by atomic mass is 10.1. The van der Waals surface area contributed by atoms with Crippen LogP contribution in [0.2, 0.25) is 0 Å². The molecule has 0 radical (unpaired) electrons. The number of nitrogen functional groups attached to an aromatic ring is 1. The van der Waals surface area contributed by atoms with Gasteiger partial charge in [0.1, 0.15) is 18.1 Å². The Balaban J connectivity index is 2.04. The van der Waals surface area contributed by atoms with E-state index in [9.17, 15) is 0 Å². The Hall–Kier alpha value is -1.97. The molecule has 4 nitrogen and oxygen atoms in total. The van der Waals surface area contributed by atoms with Gasteiger partial charge in [-0.05, 0) is 18.1 Å². The molecule has 1 heterocycles. The molecule has 4 heteroatoms. The van der Waals surface area contributed by atoms with Gasteiger partial charge < -0.3 is 15.0 Å². The fraction of sp³-hybridized carbons (Fsp3) is 0.250. The molecule has 0 saturated carbocycles. The molecule has 0 aliphatic heterocycles. The molecule has 0 amide bonds. The predicted octanol–water partition coefficient (Wildman–Crippen LogP) is 2.40. The maximum atomic E-state index is 5.65. The van der Waals surface area contributed by atoms with E-state index in [1.54, 1.807) is 6.07 Å². The minimum atomic E-state index is 0.308. The van der Waals surface area contributed by atoms with Gasteiger partial charge >= 0.3 is 0 Å². The smallest absolute Gasteiger partial charge is 0.222 e. The van der Waals surface area contributed by atoms with Crippen LogP contribution in [-0.2, 0) is 13.0 Å². The molecule has 2 aromatic rings. The second-order valence-electron chi connectivity index (χ2n) is 3.47. The Morgan fingerprint density at radius 1 is 1.38 bits per heavy atom. The third kappa shape index (κ3) is 2.34. The summed E-state index contributed by atoms with van der Waals surface area (Å²) in [6, 6.07) is 9.61. The van der Waals surface area contributed by atoms with Gasteiger partial charge in [0.05, 0.1) is 0 Å². The molecule has 0 aliphatic rings. The number of ether oxygens (including phenoxy) is 1. The lowest BCUT2D eigenvalue weighted by molar-refractivity contribution is 0.287. The summed E-state index contributed by atoms with van der Waals surface area (Å²) < 4.78 is 10.4. The van der Waals surface area contributed by atoms with Crippen LogP contribution in [0, 0.1) is 0 Å². The number of hydrogen-bond acceptors (Lipinski definition) is 4. The van der Waals surface area contributed by atoms with Crippen molar-refractivity contribution in [3.8, 4) is 5.75 Å². The summed E-state index contributed by atoms with van der Waals surface area (Å²) in [6.07, 6.45) is 0.942. The zero-order valence-corrected chi connectivity index (χ0v) is 9.14. The van der Waals surface area contributed by atoms with Crippen LogP contribution in [-0.4, -0.2) is 5.16 Å². The predicted molar refractivity (Wildman–Crippen MR) is 61.1 cm³/mol. The van der Waals surface area contributed by atoms with E-state index in [0.717, 1.165) is 12.2 Å². The molecule has 1 aromatic carbocycles. The number of para-hydroxylation sites is 1. The fourth-order valence-electron chi connectivity index (χ4n) is 1.48. The van der Waals surface area contributed by atoms with Gasteiger partial charge in [-0.2, -0.15) is 0 Å². The van der Waals surface area contributed by atoms with Crippen molar-refractivity contribution in [2.24, 2.45) is 0 Å². The maximum Gasteiger partial charge on any atom is 0.222 e. The summed E-state index contributed by atoms with van der Waals surface area (Å²) in [7, 11) is 0. The number of aryl methyl sites for hydroxylation is 1. The Bertz CT molecular complexity index is 466. The molecule has 2 N–H and O–H groups in total. The Kier molecular flexibility index (Phi) is 3.10. The number of hydrogen-bond donors (Lipinski definition) is 1. The molecule has 0 spiro atoms. The summed E-state index contributed by atoms with van der Waals surface area (Å²) in [4.78, 5) is 0. The zero-order valence-electron chi connectivity index (χ0n) is 9.14. The molecule has 0 aliphatic carbocycles. The van der Waals surface area contributed by atoms with Crippen LogP contribution in [0.4, 0.5) is 5.88 Å². The highest BCUT2D eigenvalue weighted by molar-refractivity contribution is 5.33. The van der Waals surface area contributed by atoms with Crippen molar-refractivity contribution in [2.45, 2.75) is 20.0 Å². The number of nitrogens with zero attached hydrogens (tertiary/aromatic N) is 1. The molecule has 2 rings (SSSR count). The molecular weight excluding hydrogens is 204 g/mol. The quantitative estimate of drug-likeness (QED) is 0.855. The first-order valence-corrected chi connectivity index (χ1v) is 5.21. The van der Waals surface area contributed by atoms with Gasteiger partial charge in [0.2, 0.25) is 5.88 Å². The minimum absolute atomic E-state index is 0.308. The number of nitrogens with two attached hydrogens (primary N) is 1. The normalized spacial score (nSPS) is 10.3. The first-order valence-electron chi connectivity index (χ1n) is 5.21. The van der Waals surface area contributed by atoms with Crippen LogP contribution in [0.3, 0.4) is 0 Å². The van der Waals surface area contributed by atoms with Crippen LogP contribution < -0.4 is 10.5 Å². The molecule has 0 saturated heterocycles. The van der Waals surface area contributed by atoms with Crippen molar-refractivity contribution >= 4 is 5.88 Å². The van der Waals surface area contributed by atoms with E-state index in [4.69, 9.17) is 15.0 Å². The third-order valence-electron chi connectivity index (χ3n) is 2.31. The highest BCUT2D eigenvalue weighted by atomic mass is 16.5. The summed E-state index contributed by atoms with van der Waals surface area (Å²) in [5.41, 5.74) is 7.30. The average molecular weight is 218 g/mol. The lowest BCUT2D eigenvalue weighted by Crippen LogP contribution is -1.98. The zero-order chi connectivity index (χ0) is 11.4. The molecule has 84 valence electrons. The summed E-state index contributed by atoms with van der Waals surface area (Å²) in [6.45, 7) is 2.47. The first-order chi connectivity index (χ1) is 7.79. The molecule has 1 aromatic heterocycles. The largest absolute Gasteiger partial charge is 0.487 e. The molecule has 0 bridgehead atoms. The van der Waals surface area contributed by atoms with E-state index in [2.05, 4.69) is 12.1 Å². The minimum Gasteiger partial charge on any atom is -0.487 e. The van der Waals surface area contributed by atoms with Crippen molar-refractivity contribution in [3.63, 3.8) is 0 Å². The van der Waals surface area contributed by atoms with E-state index in [-0.39, 0.29) is 0 Å².